The van der Waals surface area contributed by atoms with Crippen LogP contribution in [0.1, 0.15) is 72.6 Å². The van der Waals surface area contributed by atoms with Gasteiger partial charge in [-0.1, -0.05) is 40.0 Å². The van der Waals surface area contributed by atoms with Crippen molar-refractivity contribution in [2.45, 2.75) is 83.8 Å². The fourth-order valence-corrected chi connectivity index (χ4v) is 4.19. The molecule has 0 aromatic heterocycles. The predicted octanol–water partition coefficient (Wildman–Crippen LogP) is 4.09. The Hall–Kier alpha value is -0.570. The maximum absolute atomic E-state index is 12.4. The fourth-order valence-electron chi connectivity index (χ4n) is 4.19. The van der Waals surface area contributed by atoms with Crippen LogP contribution in [0.25, 0.3) is 0 Å². The first kappa shape index (κ1) is 15.8. The number of esters is 1. The van der Waals surface area contributed by atoms with E-state index in [0.717, 1.165) is 31.6 Å². The largest absolute Gasteiger partial charge is 0.464 e. The molecule has 20 heavy (non-hydrogen) atoms. The van der Waals surface area contributed by atoms with E-state index in [1.807, 2.05) is 6.92 Å². The molecule has 0 N–H and O–H groups in total. The highest BCUT2D eigenvalue weighted by atomic mass is 16.7. The molecule has 0 aromatic carbocycles. The van der Waals surface area contributed by atoms with Crippen LogP contribution in [0.4, 0.5) is 0 Å². The smallest absolute Gasteiger partial charge is 0.341 e. The Bertz CT molecular complexity index is 352. The van der Waals surface area contributed by atoms with Crippen molar-refractivity contribution in [1.29, 1.82) is 0 Å². The molecule has 3 atom stereocenters. The van der Waals surface area contributed by atoms with Crippen LogP contribution in [-0.4, -0.2) is 23.8 Å². The lowest BCUT2D eigenvalue weighted by Gasteiger charge is -2.30. The molecule has 3 nitrogen and oxygen atoms in total. The first-order valence-electron chi connectivity index (χ1n) is 8.37. The highest BCUT2D eigenvalue weighted by molar-refractivity contribution is 5.85. The first-order chi connectivity index (χ1) is 9.49. The summed E-state index contributed by atoms with van der Waals surface area (Å²) in [5.41, 5.74) is -0.819. The number of carbonyl (C=O) groups is 1. The summed E-state index contributed by atoms with van der Waals surface area (Å²) < 4.78 is 11.4. The summed E-state index contributed by atoms with van der Waals surface area (Å²) in [6, 6.07) is 0. The van der Waals surface area contributed by atoms with Crippen molar-refractivity contribution in [3.8, 4) is 0 Å². The molecule has 0 radical (unpaired) electrons. The SMILES string of the molecule is CCCC1(C(=O)OCC)OC12CCCC(CC(C)C)C2. The molecule has 0 amide bonds. The summed E-state index contributed by atoms with van der Waals surface area (Å²) in [6.07, 6.45) is 7.56. The third kappa shape index (κ3) is 2.74. The topological polar surface area (TPSA) is 38.8 Å². The van der Waals surface area contributed by atoms with Crippen LogP contribution >= 0.6 is 0 Å². The lowest BCUT2D eigenvalue weighted by atomic mass is 9.71. The second-order valence-electron chi connectivity index (χ2n) is 6.99. The minimum absolute atomic E-state index is 0.118. The van der Waals surface area contributed by atoms with Crippen molar-refractivity contribution in [2.75, 3.05) is 6.61 Å². The van der Waals surface area contributed by atoms with Gasteiger partial charge in [0.25, 0.3) is 0 Å². The van der Waals surface area contributed by atoms with Gasteiger partial charge in [0.2, 0.25) is 0 Å². The van der Waals surface area contributed by atoms with Crippen LogP contribution in [0.15, 0.2) is 0 Å². The van der Waals surface area contributed by atoms with E-state index in [-0.39, 0.29) is 11.6 Å². The van der Waals surface area contributed by atoms with E-state index in [9.17, 15) is 4.79 Å². The van der Waals surface area contributed by atoms with Crippen molar-refractivity contribution >= 4 is 5.97 Å². The van der Waals surface area contributed by atoms with Crippen molar-refractivity contribution in [3.63, 3.8) is 0 Å². The Morgan fingerprint density at radius 2 is 2.15 bits per heavy atom. The van der Waals surface area contributed by atoms with Gasteiger partial charge in [-0.2, -0.15) is 0 Å². The van der Waals surface area contributed by atoms with Gasteiger partial charge in [-0.3, -0.25) is 0 Å². The van der Waals surface area contributed by atoms with Crippen molar-refractivity contribution in [3.05, 3.63) is 0 Å². The number of hydrogen-bond donors (Lipinski definition) is 0. The number of epoxide rings is 1. The lowest BCUT2D eigenvalue weighted by molar-refractivity contribution is -0.150. The van der Waals surface area contributed by atoms with Gasteiger partial charge in [0.15, 0.2) is 5.60 Å². The van der Waals surface area contributed by atoms with E-state index >= 15 is 0 Å². The molecule has 1 saturated carbocycles. The van der Waals surface area contributed by atoms with Crippen LogP contribution in [0.3, 0.4) is 0 Å². The molecule has 3 unspecified atom stereocenters. The molecule has 1 aliphatic carbocycles. The number of carbonyl (C=O) groups excluding carboxylic acids is 1. The minimum Gasteiger partial charge on any atom is -0.464 e. The summed E-state index contributed by atoms with van der Waals surface area (Å²) in [5, 5.41) is 0. The van der Waals surface area contributed by atoms with Crippen LogP contribution in [0, 0.1) is 11.8 Å². The number of hydrogen-bond acceptors (Lipinski definition) is 3. The average Bonchev–Trinajstić information content (AvgIpc) is 2.97. The molecule has 2 fully saturated rings. The van der Waals surface area contributed by atoms with Crippen LogP contribution < -0.4 is 0 Å². The van der Waals surface area contributed by atoms with Gasteiger partial charge < -0.3 is 9.47 Å². The quantitative estimate of drug-likeness (QED) is 0.544. The Balaban J connectivity index is 2.08. The molecule has 0 aromatic rings. The summed E-state index contributed by atoms with van der Waals surface area (Å²) >= 11 is 0. The highest BCUT2D eigenvalue weighted by Crippen LogP contribution is 2.61. The van der Waals surface area contributed by atoms with E-state index in [2.05, 4.69) is 20.8 Å². The Labute approximate surface area is 123 Å². The lowest BCUT2D eigenvalue weighted by Crippen LogP contribution is -2.39. The van der Waals surface area contributed by atoms with Gasteiger partial charge in [-0.05, 0) is 44.4 Å². The van der Waals surface area contributed by atoms with Crippen molar-refractivity contribution < 1.29 is 14.3 Å². The van der Waals surface area contributed by atoms with E-state index in [4.69, 9.17) is 9.47 Å². The normalized spacial score (nSPS) is 36.4. The van der Waals surface area contributed by atoms with Gasteiger partial charge in [0, 0.05) is 0 Å². The second-order valence-corrected chi connectivity index (χ2v) is 6.99. The zero-order valence-electron chi connectivity index (χ0n) is 13.5. The van der Waals surface area contributed by atoms with E-state index in [1.54, 1.807) is 0 Å². The molecule has 1 heterocycles. The number of ether oxygens (including phenoxy) is 2. The zero-order chi connectivity index (χ0) is 14.8. The molecule has 1 spiro atoms. The van der Waals surface area contributed by atoms with Crippen LogP contribution in [0.2, 0.25) is 0 Å². The van der Waals surface area contributed by atoms with Crippen LogP contribution in [-0.2, 0) is 14.3 Å². The third-order valence-corrected chi connectivity index (χ3v) is 4.89. The predicted molar refractivity (Wildman–Crippen MR) is 79.5 cm³/mol. The van der Waals surface area contributed by atoms with Crippen molar-refractivity contribution in [2.24, 2.45) is 11.8 Å². The third-order valence-electron chi connectivity index (χ3n) is 4.89. The minimum atomic E-state index is -0.618. The maximum Gasteiger partial charge on any atom is 0.341 e. The molecular weight excluding hydrogens is 252 g/mol. The molecule has 1 saturated heterocycles. The maximum atomic E-state index is 12.4. The Morgan fingerprint density at radius 1 is 1.40 bits per heavy atom. The summed E-state index contributed by atoms with van der Waals surface area (Å²) in [5.74, 6) is 1.31. The molecule has 0 bridgehead atoms. The second kappa shape index (κ2) is 6.05. The number of rotatable bonds is 6. The molecule has 3 heteroatoms. The summed E-state index contributed by atoms with van der Waals surface area (Å²) in [4.78, 5) is 12.4. The van der Waals surface area contributed by atoms with E-state index in [0.29, 0.717) is 12.5 Å². The molecule has 116 valence electrons. The average molecular weight is 282 g/mol. The molecule has 1 aliphatic heterocycles. The highest BCUT2D eigenvalue weighted by Gasteiger charge is 2.74. The van der Waals surface area contributed by atoms with Crippen molar-refractivity contribution in [1.82, 2.24) is 0 Å². The first-order valence-corrected chi connectivity index (χ1v) is 8.37. The fraction of sp³-hybridized carbons (Fsp3) is 0.941. The Morgan fingerprint density at radius 3 is 2.75 bits per heavy atom. The molecule has 2 rings (SSSR count). The summed E-state index contributed by atoms with van der Waals surface area (Å²) in [7, 11) is 0. The zero-order valence-corrected chi connectivity index (χ0v) is 13.5. The van der Waals surface area contributed by atoms with E-state index in [1.165, 1.54) is 19.3 Å². The molecular formula is C17H30O3. The van der Waals surface area contributed by atoms with Gasteiger partial charge in [0.1, 0.15) is 5.60 Å². The standard InChI is InChI=1S/C17H30O3/c1-5-9-17(15(18)19-6-2)16(20-17)10-7-8-14(12-16)11-13(3)4/h13-14H,5-12H2,1-4H3. The summed E-state index contributed by atoms with van der Waals surface area (Å²) in [6.45, 7) is 8.98. The van der Waals surface area contributed by atoms with Gasteiger partial charge in [-0.25, -0.2) is 4.79 Å². The monoisotopic (exact) mass is 282 g/mol. The van der Waals surface area contributed by atoms with E-state index < -0.39 is 5.60 Å². The Kier molecular flexibility index (Phi) is 4.78. The van der Waals surface area contributed by atoms with Gasteiger partial charge in [0.05, 0.1) is 6.61 Å². The molecule has 2 aliphatic rings. The van der Waals surface area contributed by atoms with Gasteiger partial charge in [-0.15, -0.1) is 0 Å². The van der Waals surface area contributed by atoms with Crippen LogP contribution in [0.5, 0.6) is 0 Å². The van der Waals surface area contributed by atoms with Gasteiger partial charge >= 0.3 is 5.97 Å².